The minimum absolute atomic E-state index is 0.0839. The van der Waals surface area contributed by atoms with E-state index in [0.717, 1.165) is 18.0 Å². The molecule has 0 spiro atoms. The van der Waals surface area contributed by atoms with Crippen LogP contribution in [0.1, 0.15) is 22.3 Å². The molecule has 1 saturated heterocycles. The van der Waals surface area contributed by atoms with E-state index in [2.05, 4.69) is 4.98 Å². The summed E-state index contributed by atoms with van der Waals surface area (Å²) in [5.74, 6) is 0.0758. The monoisotopic (exact) mass is 379 g/mol. The van der Waals surface area contributed by atoms with Crippen molar-refractivity contribution in [2.75, 3.05) is 32.1 Å². The van der Waals surface area contributed by atoms with Gasteiger partial charge in [-0.05, 0) is 18.2 Å². The van der Waals surface area contributed by atoms with E-state index in [1.165, 1.54) is 11.0 Å². The topological polar surface area (TPSA) is 45.7 Å². The first-order valence-electron chi connectivity index (χ1n) is 8.51. The normalized spacial score (nSPS) is 17.1. The van der Waals surface area contributed by atoms with E-state index in [1.54, 1.807) is 20.2 Å². The van der Waals surface area contributed by atoms with Gasteiger partial charge in [-0.15, -0.1) is 0 Å². The van der Waals surface area contributed by atoms with Crippen molar-refractivity contribution < 1.29 is 22.7 Å². The number of benzene rings is 1. The number of nitrogens with zero attached hydrogens (tertiary/aromatic N) is 3. The molecule has 2 aromatic rings. The van der Waals surface area contributed by atoms with Gasteiger partial charge in [-0.1, -0.05) is 12.1 Å². The molecule has 0 N–H and O–H groups in total. The molecule has 1 aromatic carbocycles. The Hall–Kier alpha value is -2.77. The lowest BCUT2D eigenvalue weighted by Crippen LogP contribution is -2.28. The van der Waals surface area contributed by atoms with Crippen molar-refractivity contribution in [2.45, 2.75) is 18.7 Å². The highest BCUT2D eigenvalue weighted by atomic mass is 19.4. The second-order valence-electron chi connectivity index (χ2n) is 6.57. The lowest BCUT2D eigenvalue weighted by molar-refractivity contribution is -0.137. The molecule has 1 aliphatic heterocycles. The van der Waals surface area contributed by atoms with Gasteiger partial charge in [0.2, 0.25) is 5.88 Å². The van der Waals surface area contributed by atoms with Crippen LogP contribution in [-0.2, 0) is 6.18 Å². The Morgan fingerprint density at radius 2 is 1.96 bits per heavy atom. The van der Waals surface area contributed by atoms with Gasteiger partial charge in [-0.25, -0.2) is 4.98 Å². The summed E-state index contributed by atoms with van der Waals surface area (Å²) in [4.78, 5) is 19.7. The highest BCUT2D eigenvalue weighted by Crippen LogP contribution is 2.30. The molecule has 0 unspecified atom stereocenters. The second kappa shape index (κ2) is 7.46. The maximum atomic E-state index is 12.6. The highest BCUT2D eigenvalue weighted by molar-refractivity contribution is 5.99. The Morgan fingerprint density at radius 1 is 1.22 bits per heavy atom. The van der Waals surface area contributed by atoms with Crippen LogP contribution < -0.4 is 9.64 Å². The lowest BCUT2D eigenvalue weighted by atomic mass is 10.1. The maximum Gasteiger partial charge on any atom is 0.417 e. The predicted molar refractivity (Wildman–Crippen MR) is 94.9 cm³/mol. The standard InChI is InChI=1S/C19H20F3N3O2/c1-24(2)18(26)15-5-3-4-6-16(15)25-10-9-14(12-25)27-17-8-7-13(11-23-17)19(20,21)22/h3-8,11,14H,9-10,12H2,1-2H3/t14-/m0/s1. The largest absolute Gasteiger partial charge is 0.472 e. The number of aromatic nitrogens is 1. The highest BCUT2D eigenvalue weighted by Gasteiger charge is 2.31. The van der Waals surface area contributed by atoms with E-state index >= 15 is 0 Å². The van der Waals surface area contributed by atoms with Gasteiger partial charge in [0.15, 0.2) is 0 Å². The predicted octanol–water partition coefficient (Wildman–Crippen LogP) is 3.46. The number of amides is 1. The molecule has 0 saturated carbocycles. The summed E-state index contributed by atoms with van der Waals surface area (Å²) in [7, 11) is 3.40. The fourth-order valence-corrected chi connectivity index (χ4v) is 3.00. The minimum Gasteiger partial charge on any atom is -0.472 e. The quantitative estimate of drug-likeness (QED) is 0.816. The summed E-state index contributed by atoms with van der Waals surface area (Å²) < 4.78 is 43.5. The van der Waals surface area contributed by atoms with E-state index in [4.69, 9.17) is 4.74 Å². The Balaban J connectivity index is 1.68. The van der Waals surface area contributed by atoms with Crippen molar-refractivity contribution >= 4 is 11.6 Å². The number of para-hydroxylation sites is 1. The Bertz CT molecular complexity index is 807. The van der Waals surface area contributed by atoms with E-state index in [9.17, 15) is 18.0 Å². The van der Waals surface area contributed by atoms with Gasteiger partial charge >= 0.3 is 6.18 Å². The Morgan fingerprint density at radius 3 is 2.59 bits per heavy atom. The molecule has 0 bridgehead atoms. The third-order valence-electron chi connectivity index (χ3n) is 4.38. The van der Waals surface area contributed by atoms with Crippen molar-refractivity contribution in [3.8, 4) is 5.88 Å². The van der Waals surface area contributed by atoms with Crippen LogP contribution in [-0.4, -0.2) is 49.1 Å². The summed E-state index contributed by atoms with van der Waals surface area (Å²) in [5.41, 5.74) is 0.623. The average molecular weight is 379 g/mol. The molecule has 0 radical (unpaired) electrons. The van der Waals surface area contributed by atoms with E-state index in [-0.39, 0.29) is 17.9 Å². The number of ether oxygens (including phenoxy) is 1. The molecule has 8 heteroatoms. The number of hydrogen-bond donors (Lipinski definition) is 0. The molecule has 5 nitrogen and oxygen atoms in total. The maximum absolute atomic E-state index is 12.6. The number of alkyl halides is 3. The average Bonchev–Trinajstić information content (AvgIpc) is 3.09. The second-order valence-corrected chi connectivity index (χ2v) is 6.57. The third-order valence-corrected chi connectivity index (χ3v) is 4.38. The molecule has 144 valence electrons. The van der Waals surface area contributed by atoms with Crippen LogP contribution in [0.5, 0.6) is 5.88 Å². The van der Waals surface area contributed by atoms with Crippen molar-refractivity contribution in [1.29, 1.82) is 0 Å². The summed E-state index contributed by atoms with van der Waals surface area (Å²) in [6.07, 6.45) is -3.17. The van der Waals surface area contributed by atoms with Crippen LogP contribution in [0.2, 0.25) is 0 Å². The Labute approximate surface area is 155 Å². The third kappa shape index (κ3) is 4.32. The SMILES string of the molecule is CN(C)C(=O)c1ccccc1N1CC[C@H](Oc2ccc(C(F)(F)F)cn2)C1. The zero-order valence-electron chi connectivity index (χ0n) is 15.0. The molecular weight excluding hydrogens is 359 g/mol. The molecule has 2 heterocycles. The van der Waals surface area contributed by atoms with E-state index in [0.29, 0.717) is 25.1 Å². The molecular formula is C19H20F3N3O2. The van der Waals surface area contributed by atoms with E-state index in [1.807, 2.05) is 23.1 Å². The van der Waals surface area contributed by atoms with Crippen LogP contribution in [0.4, 0.5) is 18.9 Å². The number of rotatable bonds is 4. The van der Waals surface area contributed by atoms with Crippen LogP contribution in [0.25, 0.3) is 0 Å². The van der Waals surface area contributed by atoms with Crippen molar-refractivity contribution in [3.05, 3.63) is 53.7 Å². The van der Waals surface area contributed by atoms with Gasteiger partial charge in [-0.2, -0.15) is 13.2 Å². The van der Waals surface area contributed by atoms with Gasteiger partial charge in [-0.3, -0.25) is 4.79 Å². The molecule has 3 rings (SSSR count). The van der Waals surface area contributed by atoms with Gasteiger partial charge in [0.1, 0.15) is 6.10 Å². The van der Waals surface area contributed by atoms with Crippen LogP contribution in [0.3, 0.4) is 0 Å². The van der Waals surface area contributed by atoms with Crippen molar-refractivity contribution in [2.24, 2.45) is 0 Å². The summed E-state index contributed by atoms with van der Waals surface area (Å²) in [6.45, 7) is 1.21. The summed E-state index contributed by atoms with van der Waals surface area (Å²) in [6, 6.07) is 9.54. The first-order chi connectivity index (χ1) is 12.8. The molecule has 1 aliphatic rings. The van der Waals surface area contributed by atoms with Crippen molar-refractivity contribution in [3.63, 3.8) is 0 Å². The number of hydrogen-bond acceptors (Lipinski definition) is 4. The first-order valence-corrected chi connectivity index (χ1v) is 8.51. The molecule has 0 aliphatic carbocycles. The van der Waals surface area contributed by atoms with Gasteiger partial charge < -0.3 is 14.5 Å². The number of carbonyl (C=O) groups excluding carboxylic acids is 1. The zero-order valence-corrected chi connectivity index (χ0v) is 15.0. The molecule has 1 aromatic heterocycles. The number of halogens is 3. The molecule has 1 fully saturated rings. The zero-order chi connectivity index (χ0) is 19.6. The fraction of sp³-hybridized carbons (Fsp3) is 0.368. The van der Waals surface area contributed by atoms with Crippen LogP contribution >= 0.6 is 0 Å². The molecule has 27 heavy (non-hydrogen) atoms. The lowest BCUT2D eigenvalue weighted by Gasteiger charge is -2.23. The number of anilines is 1. The minimum atomic E-state index is -4.42. The number of carbonyl (C=O) groups is 1. The van der Waals surface area contributed by atoms with E-state index < -0.39 is 11.7 Å². The summed E-state index contributed by atoms with van der Waals surface area (Å²) >= 11 is 0. The fourth-order valence-electron chi connectivity index (χ4n) is 3.00. The molecule has 1 amide bonds. The summed E-state index contributed by atoms with van der Waals surface area (Å²) in [5, 5.41) is 0. The Kier molecular flexibility index (Phi) is 5.25. The van der Waals surface area contributed by atoms with Gasteiger partial charge in [0.05, 0.1) is 17.7 Å². The van der Waals surface area contributed by atoms with Gasteiger partial charge in [0, 0.05) is 45.0 Å². The molecule has 1 atom stereocenters. The number of pyridine rings is 1. The van der Waals surface area contributed by atoms with Gasteiger partial charge in [0.25, 0.3) is 5.91 Å². The van der Waals surface area contributed by atoms with Crippen LogP contribution in [0.15, 0.2) is 42.6 Å². The smallest absolute Gasteiger partial charge is 0.417 e. The first kappa shape index (κ1) is 19.0. The van der Waals surface area contributed by atoms with Crippen molar-refractivity contribution in [1.82, 2.24) is 9.88 Å². The van der Waals surface area contributed by atoms with Crippen LogP contribution in [0, 0.1) is 0 Å².